The fourth-order valence-electron chi connectivity index (χ4n) is 11.0. The lowest BCUT2D eigenvalue weighted by Crippen LogP contribution is -2.10. The lowest BCUT2D eigenvalue weighted by Gasteiger charge is -2.27. The number of furan rings is 2. The molecule has 2 aliphatic heterocycles. The SMILES string of the molecule is Cc1cc2c(cc1-c1cc3oc4cc(N5c6ccccc6-c6ccccc6-c6ccccc65)ccc4c3cc1C)oc1cc(N3c4ccccc4-c4ccccc4-c4ccccc43)ccc12. The van der Waals surface area contributed by atoms with Gasteiger partial charge in [0.05, 0.1) is 22.7 Å². The maximum atomic E-state index is 6.84. The summed E-state index contributed by atoms with van der Waals surface area (Å²) in [5.41, 5.74) is 24.4. The van der Waals surface area contributed by atoms with Gasteiger partial charge in [-0.25, -0.2) is 0 Å². The second-order valence-corrected chi connectivity index (χ2v) is 17.7. The van der Waals surface area contributed by atoms with E-state index in [1.807, 2.05) is 0 Å². The number of para-hydroxylation sites is 4. The molecule has 10 aromatic carbocycles. The van der Waals surface area contributed by atoms with E-state index < -0.39 is 0 Å². The molecule has 310 valence electrons. The van der Waals surface area contributed by atoms with Crippen molar-refractivity contribution < 1.29 is 8.83 Å². The van der Waals surface area contributed by atoms with Crippen LogP contribution in [-0.2, 0) is 0 Å². The van der Waals surface area contributed by atoms with E-state index in [0.717, 1.165) is 89.1 Å². The molecule has 4 heteroatoms. The van der Waals surface area contributed by atoms with E-state index in [1.54, 1.807) is 0 Å². The highest BCUT2D eigenvalue weighted by atomic mass is 16.3. The topological polar surface area (TPSA) is 32.8 Å². The van der Waals surface area contributed by atoms with Crippen molar-refractivity contribution in [2.24, 2.45) is 0 Å². The Balaban J connectivity index is 0.870. The van der Waals surface area contributed by atoms with Crippen LogP contribution >= 0.6 is 0 Å². The number of rotatable bonds is 3. The maximum Gasteiger partial charge on any atom is 0.137 e. The summed E-state index contributed by atoms with van der Waals surface area (Å²) in [7, 11) is 0. The number of hydrogen-bond donors (Lipinski definition) is 0. The van der Waals surface area contributed by atoms with Crippen LogP contribution in [0.4, 0.5) is 34.1 Å². The lowest BCUT2D eigenvalue weighted by atomic mass is 9.93. The Morgan fingerprint density at radius 1 is 0.258 bits per heavy atom. The van der Waals surface area contributed by atoms with Crippen LogP contribution in [0.5, 0.6) is 0 Å². The highest BCUT2D eigenvalue weighted by molar-refractivity contribution is 6.12. The van der Waals surface area contributed by atoms with Crippen molar-refractivity contribution in [2.75, 3.05) is 9.80 Å². The first-order valence-corrected chi connectivity index (χ1v) is 22.7. The van der Waals surface area contributed by atoms with E-state index in [4.69, 9.17) is 8.83 Å². The molecule has 0 fully saturated rings. The lowest BCUT2D eigenvalue weighted by molar-refractivity contribution is 0.668. The molecular weight excluding hydrogens is 805 g/mol. The van der Waals surface area contributed by atoms with Crippen LogP contribution in [0, 0.1) is 13.8 Å². The molecule has 14 rings (SSSR count). The smallest absolute Gasteiger partial charge is 0.137 e. The van der Waals surface area contributed by atoms with Gasteiger partial charge in [0.2, 0.25) is 0 Å². The Bertz CT molecular complexity index is 3610. The minimum atomic E-state index is 0.856. The molecule has 0 bridgehead atoms. The van der Waals surface area contributed by atoms with E-state index in [1.165, 1.54) is 55.6 Å². The van der Waals surface area contributed by atoms with E-state index in [9.17, 15) is 0 Å². The van der Waals surface area contributed by atoms with Crippen LogP contribution in [-0.4, -0.2) is 0 Å². The molecule has 0 spiro atoms. The minimum Gasteiger partial charge on any atom is -0.456 e. The third kappa shape index (κ3) is 5.33. The molecule has 4 nitrogen and oxygen atoms in total. The van der Waals surface area contributed by atoms with Crippen molar-refractivity contribution in [1.29, 1.82) is 0 Å². The van der Waals surface area contributed by atoms with Gasteiger partial charge < -0.3 is 18.6 Å². The van der Waals surface area contributed by atoms with Gasteiger partial charge in [-0.3, -0.25) is 0 Å². The molecule has 0 N–H and O–H groups in total. The van der Waals surface area contributed by atoms with E-state index in [2.05, 4.69) is 230 Å². The summed E-state index contributed by atoms with van der Waals surface area (Å²) < 4.78 is 13.7. The third-order valence-corrected chi connectivity index (χ3v) is 14.0. The predicted octanol–water partition coefficient (Wildman–Crippen LogP) is 18.0. The van der Waals surface area contributed by atoms with Gasteiger partial charge in [-0.2, -0.15) is 0 Å². The highest BCUT2D eigenvalue weighted by Gasteiger charge is 2.28. The second-order valence-electron chi connectivity index (χ2n) is 17.7. The van der Waals surface area contributed by atoms with Crippen molar-refractivity contribution in [1.82, 2.24) is 0 Å². The summed E-state index contributed by atoms with van der Waals surface area (Å²) in [6.45, 7) is 4.41. The molecule has 2 aromatic heterocycles. The van der Waals surface area contributed by atoms with Crippen LogP contribution in [0.3, 0.4) is 0 Å². The maximum absolute atomic E-state index is 6.84. The number of nitrogens with zero attached hydrogens (tertiary/aromatic N) is 2. The minimum absolute atomic E-state index is 0.856. The number of fused-ring (bicyclic) bond motifs is 16. The zero-order chi connectivity index (χ0) is 43.6. The average Bonchev–Trinajstić information content (AvgIpc) is 3.82. The van der Waals surface area contributed by atoms with Crippen molar-refractivity contribution in [3.05, 3.63) is 217 Å². The molecule has 0 radical (unpaired) electrons. The summed E-state index contributed by atoms with van der Waals surface area (Å²) >= 11 is 0. The fourth-order valence-corrected chi connectivity index (χ4v) is 11.0. The first kappa shape index (κ1) is 36.8. The Labute approximate surface area is 381 Å². The molecule has 0 atom stereocenters. The summed E-state index contributed by atoms with van der Waals surface area (Å²) in [5.74, 6) is 0. The highest BCUT2D eigenvalue weighted by Crippen LogP contribution is 2.53. The number of benzene rings is 10. The van der Waals surface area contributed by atoms with Crippen LogP contribution in [0.15, 0.2) is 215 Å². The van der Waals surface area contributed by atoms with Crippen molar-refractivity contribution >= 4 is 78.0 Å². The molecule has 0 aliphatic carbocycles. The monoisotopic (exact) mass is 844 g/mol. The van der Waals surface area contributed by atoms with Crippen LogP contribution in [0.25, 0.3) is 99.5 Å². The standard InChI is InChI=1S/C62H40N2O2/c1-37-31-53-49-29-27-39(63-55-23-11-7-19-45(55)41-15-3-4-16-42(41)46-20-8-12-24-56(46)63)33-59(49)65-61(53)35-51(37)52-36-62-54(32-38(52)2)50-30-28-40(34-60(50)66-62)64-57-25-13-9-21-47(57)43-17-5-6-18-44(43)48-22-10-14-26-58(48)64/h3-36H,1-2H3. The Kier molecular flexibility index (Phi) is 7.79. The van der Waals surface area contributed by atoms with Gasteiger partial charge in [-0.15, -0.1) is 0 Å². The summed E-state index contributed by atoms with van der Waals surface area (Å²) in [5, 5.41) is 4.41. The van der Waals surface area contributed by atoms with Crippen molar-refractivity contribution in [3.8, 4) is 55.6 Å². The van der Waals surface area contributed by atoms with Crippen molar-refractivity contribution in [3.63, 3.8) is 0 Å². The normalized spacial score (nSPS) is 12.6. The van der Waals surface area contributed by atoms with Gasteiger partial charge in [0, 0.05) is 67.3 Å². The molecule has 0 saturated carbocycles. The van der Waals surface area contributed by atoms with Crippen molar-refractivity contribution in [2.45, 2.75) is 13.8 Å². The molecular formula is C62H40N2O2. The zero-order valence-corrected chi connectivity index (χ0v) is 36.3. The molecule has 0 amide bonds. The molecule has 2 aliphatic rings. The Morgan fingerprint density at radius 2 is 0.545 bits per heavy atom. The number of anilines is 6. The summed E-state index contributed by atoms with van der Waals surface area (Å²) in [6.07, 6.45) is 0. The van der Waals surface area contributed by atoms with E-state index in [0.29, 0.717) is 0 Å². The fraction of sp³-hybridized carbons (Fsp3) is 0.0323. The molecule has 4 heterocycles. The van der Waals surface area contributed by atoms with Gasteiger partial charge in [0.1, 0.15) is 22.3 Å². The molecule has 66 heavy (non-hydrogen) atoms. The summed E-state index contributed by atoms with van der Waals surface area (Å²) in [4.78, 5) is 4.77. The zero-order valence-electron chi connectivity index (χ0n) is 36.3. The first-order chi connectivity index (χ1) is 32.6. The van der Waals surface area contributed by atoms with Gasteiger partial charge in [0.25, 0.3) is 0 Å². The number of aryl methyl sites for hydroxylation is 2. The van der Waals surface area contributed by atoms with Crippen LogP contribution in [0.1, 0.15) is 11.1 Å². The van der Waals surface area contributed by atoms with Gasteiger partial charge in [0.15, 0.2) is 0 Å². The van der Waals surface area contributed by atoms with Gasteiger partial charge >= 0.3 is 0 Å². The largest absolute Gasteiger partial charge is 0.456 e. The van der Waals surface area contributed by atoms with Crippen LogP contribution < -0.4 is 9.80 Å². The van der Waals surface area contributed by atoms with E-state index >= 15 is 0 Å². The first-order valence-electron chi connectivity index (χ1n) is 22.7. The molecule has 0 saturated heterocycles. The Hall–Kier alpha value is -8.60. The average molecular weight is 845 g/mol. The molecule has 12 aromatic rings. The molecule has 0 unspecified atom stereocenters. The van der Waals surface area contributed by atoms with Gasteiger partial charge in [-0.05, 0) is 131 Å². The number of hydrogen-bond acceptors (Lipinski definition) is 4. The van der Waals surface area contributed by atoms with Crippen LogP contribution in [0.2, 0.25) is 0 Å². The quantitative estimate of drug-likeness (QED) is 0.177. The van der Waals surface area contributed by atoms with E-state index in [-0.39, 0.29) is 0 Å². The van der Waals surface area contributed by atoms with Gasteiger partial charge in [-0.1, -0.05) is 121 Å². The third-order valence-electron chi connectivity index (χ3n) is 14.0. The second kappa shape index (κ2) is 13.9. The Morgan fingerprint density at radius 3 is 0.879 bits per heavy atom. The predicted molar refractivity (Wildman–Crippen MR) is 274 cm³/mol. The summed E-state index contributed by atoms with van der Waals surface area (Å²) in [6, 6.07) is 74.6.